The van der Waals surface area contributed by atoms with Gasteiger partial charge >= 0.3 is 19.8 Å². The molecule has 1 N–H and O–H groups in total. The van der Waals surface area contributed by atoms with Crippen molar-refractivity contribution >= 4 is 19.8 Å². The highest BCUT2D eigenvalue weighted by Crippen LogP contribution is 2.43. The van der Waals surface area contributed by atoms with Gasteiger partial charge < -0.3 is 18.9 Å². The van der Waals surface area contributed by atoms with Gasteiger partial charge in [-0.1, -0.05) is 219 Å². The van der Waals surface area contributed by atoms with Gasteiger partial charge in [0.25, 0.3) is 0 Å². The van der Waals surface area contributed by atoms with Crippen LogP contribution in [0.5, 0.6) is 0 Å². The molecule has 9 nitrogen and oxygen atoms in total. The van der Waals surface area contributed by atoms with E-state index in [1.54, 1.807) is 0 Å². The van der Waals surface area contributed by atoms with Gasteiger partial charge in [0, 0.05) is 12.8 Å². The van der Waals surface area contributed by atoms with Crippen molar-refractivity contribution in [3.8, 4) is 0 Å². The number of esters is 2. The first kappa shape index (κ1) is 57.0. The standard InChI is InChI=1S/C48H96NO8P/c1-6-8-10-12-14-16-18-20-22-23-24-25-27-29-31-33-35-37-39-41-48(51)57-46(45-56-58(52,53)55-43-42-49(3,4)5)44-54-47(50)40-38-36-34-32-30-28-26-21-19-17-15-13-11-9-7-2/h46H,6-45H2,1-5H3/p+1. The summed E-state index contributed by atoms with van der Waals surface area (Å²) < 4.78 is 34.4. The van der Waals surface area contributed by atoms with Crippen molar-refractivity contribution in [3.63, 3.8) is 0 Å². The maximum atomic E-state index is 12.7. The van der Waals surface area contributed by atoms with Crippen molar-refractivity contribution in [1.29, 1.82) is 0 Å². The van der Waals surface area contributed by atoms with Gasteiger partial charge in [-0.3, -0.25) is 18.6 Å². The lowest BCUT2D eigenvalue weighted by atomic mass is 10.0. The molecule has 0 bridgehead atoms. The van der Waals surface area contributed by atoms with E-state index in [9.17, 15) is 19.0 Å². The summed E-state index contributed by atoms with van der Waals surface area (Å²) in [6.45, 7) is 4.48. The molecule has 0 rings (SSSR count). The Morgan fingerprint density at radius 2 is 0.776 bits per heavy atom. The van der Waals surface area contributed by atoms with Crippen molar-refractivity contribution in [3.05, 3.63) is 0 Å². The van der Waals surface area contributed by atoms with Crippen LogP contribution in [0.25, 0.3) is 0 Å². The number of ether oxygens (including phenoxy) is 2. The molecule has 0 aliphatic heterocycles. The van der Waals surface area contributed by atoms with Gasteiger partial charge in [-0.05, 0) is 12.8 Å². The fraction of sp³-hybridized carbons (Fsp3) is 0.958. The summed E-state index contributed by atoms with van der Waals surface area (Å²) in [5.74, 6) is -0.779. The average Bonchev–Trinajstić information content (AvgIpc) is 3.17. The van der Waals surface area contributed by atoms with Gasteiger partial charge in [-0.2, -0.15) is 0 Å². The predicted octanol–water partition coefficient (Wildman–Crippen LogP) is 14.4. The molecule has 0 aromatic carbocycles. The molecule has 0 aliphatic carbocycles. The molecule has 0 aliphatic rings. The molecule has 0 aromatic heterocycles. The molecule has 0 fully saturated rings. The molecule has 0 saturated carbocycles. The van der Waals surface area contributed by atoms with Crippen LogP contribution in [0.4, 0.5) is 0 Å². The average molecular weight is 847 g/mol. The Kier molecular flexibility index (Phi) is 40.7. The molecule has 0 aromatic rings. The second-order valence-corrected chi connectivity index (χ2v) is 19.7. The quantitative estimate of drug-likeness (QED) is 0.0279. The number of nitrogens with zero attached hydrogens (tertiary/aromatic N) is 1. The molecule has 0 heterocycles. The molecule has 346 valence electrons. The number of likely N-dealkylation sites (N-methyl/N-ethyl adjacent to an activating group) is 1. The summed E-state index contributed by atoms with van der Waals surface area (Å²) in [5, 5.41) is 0. The predicted molar refractivity (Wildman–Crippen MR) is 243 cm³/mol. The minimum Gasteiger partial charge on any atom is -0.462 e. The third-order valence-corrected chi connectivity index (χ3v) is 12.1. The van der Waals surface area contributed by atoms with Crippen molar-refractivity contribution in [1.82, 2.24) is 0 Å². The minimum absolute atomic E-state index is 0.0371. The number of quaternary nitrogens is 1. The molecule has 0 saturated heterocycles. The minimum atomic E-state index is -4.37. The van der Waals surface area contributed by atoms with Crippen LogP contribution in [0.3, 0.4) is 0 Å². The molecule has 0 spiro atoms. The van der Waals surface area contributed by atoms with E-state index in [0.717, 1.165) is 38.5 Å². The molecular formula is C48H97NO8P+. The zero-order valence-electron chi connectivity index (χ0n) is 39.1. The Morgan fingerprint density at radius 1 is 0.466 bits per heavy atom. The molecular weight excluding hydrogens is 750 g/mol. The van der Waals surface area contributed by atoms with E-state index < -0.39 is 26.5 Å². The number of carbonyl (C=O) groups excluding carboxylic acids is 2. The lowest BCUT2D eigenvalue weighted by molar-refractivity contribution is -0.870. The van der Waals surface area contributed by atoms with Crippen molar-refractivity contribution in [2.75, 3.05) is 47.5 Å². The first-order valence-corrected chi connectivity index (χ1v) is 26.3. The number of hydrogen-bond acceptors (Lipinski definition) is 7. The van der Waals surface area contributed by atoms with Crippen LogP contribution in [0.1, 0.15) is 245 Å². The molecule has 0 amide bonds. The molecule has 58 heavy (non-hydrogen) atoms. The van der Waals surface area contributed by atoms with Gasteiger partial charge in [0.15, 0.2) is 6.10 Å². The van der Waals surface area contributed by atoms with Crippen LogP contribution in [-0.2, 0) is 32.7 Å². The Balaban J connectivity index is 4.22. The Labute approximate surface area is 359 Å². The van der Waals surface area contributed by atoms with E-state index in [1.165, 1.54) is 180 Å². The summed E-state index contributed by atoms with van der Waals surface area (Å²) in [6.07, 6.45) is 42.9. The van der Waals surface area contributed by atoms with Gasteiger partial charge in [-0.25, -0.2) is 4.57 Å². The van der Waals surface area contributed by atoms with Gasteiger partial charge in [-0.15, -0.1) is 0 Å². The first-order chi connectivity index (χ1) is 28.0. The number of hydrogen-bond donors (Lipinski definition) is 1. The molecule has 2 atom stereocenters. The summed E-state index contributed by atoms with van der Waals surface area (Å²) >= 11 is 0. The topological polar surface area (TPSA) is 108 Å². The summed E-state index contributed by atoms with van der Waals surface area (Å²) in [7, 11) is 1.50. The van der Waals surface area contributed by atoms with Crippen LogP contribution in [0.15, 0.2) is 0 Å². The fourth-order valence-electron chi connectivity index (χ4n) is 7.25. The number of rotatable bonds is 46. The van der Waals surface area contributed by atoms with E-state index in [2.05, 4.69) is 13.8 Å². The fourth-order valence-corrected chi connectivity index (χ4v) is 7.99. The lowest BCUT2D eigenvalue weighted by Crippen LogP contribution is -2.37. The second-order valence-electron chi connectivity index (χ2n) is 18.2. The second kappa shape index (κ2) is 41.4. The monoisotopic (exact) mass is 847 g/mol. The van der Waals surface area contributed by atoms with E-state index in [4.69, 9.17) is 18.5 Å². The van der Waals surface area contributed by atoms with Gasteiger partial charge in [0.1, 0.15) is 19.8 Å². The van der Waals surface area contributed by atoms with Crippen molar-refractivity contribution < 1.29 is 42.1 Å². The molecule has 0 radical (unpaired) electrons. The number of carbonyl (C=O) groups is 2. The van der Waals surface area contributed by atoms with Gasteiger partial charge in [0.05, 0.1) is 27.7 Å². The Morgan fingerprint density at radius 3 is 1.10 bits per heavy atom. The number of phosphoric ester groups is 1. The van der Waals surface area contributed by atoms with Crippen LogP contribution >= 0.6 is 7.82 Å². The third kappa shape index (κ3) is 44.6. The van der Waals surface area contributed by atoms with Crippen molar-refractivity contribution in [2.24, 2.45) is 0 Å². The van der Waals surface area contributed by atoms with E-state index >= 15 is 0 Å². The summed E-state index contributed by atoms with van der Waals surface area (Å²) in [5.41, 5.74) is 0. The third-order valence-electron chi connectivity index (χ3n) is 11.1. The Hall–Kier alpha value is -0.990. The van der Waals surface area contributed by atoms with Crippen LogP contribution in [0, 0.1) is 0 Å². The maximum Gasteiger partial charge on any atom is 0.472 e. The van der Waals surface area contributed by atoms with Crippen LogP contribution in [0.2, 0.25) is 0 Å². The highest BCUT2D eigenvalue weighted by Gasteiger charge is 2.27. The SMILES string of the molecule is CCCCCCCCCCCCCCCCCCCCCC(=O)OC(COC(=O)CCCCCCCCCCCCCCCCC)COP(=O)(O)OCC[N+](C)(C)C. The summed E-state index contributed by atoms with van der Waals surface area (Å²) in [6, 6.07) is 0. The molecule has 2 unspecified atom stereocenters. The van der Waals surface area contributed by atoms with Crippen LogP contribution in [-0.4, -0.2) is 74.9 Å². The maximum absolute atomic E-state index is 12.7. The zero-order valence-corrected chi connectivity index (χ0v) is 40.0. The van der Waals surface area contributed by atoms with E-state index in [-0.39, 0.29) is 25.6 Å². The normalized spacial score (nSPS) is 13.4. The smallest absolute Gasteiger partial charge is 0.462 e. The largest absolute Gasteiger partial charge is 0.472 e. The number of phosphoric acid groups is 1. The van der Waals surface area contributed by atoms with E-state index in [0.29, 0.717) is 17.4 Å². The molecule has 10 heteroatoms. The lowest BCUT2D eigenvalue weighted by Gasteiger charge is -2.24. The highest BCUT2D eigenvalue weighted by atomic mass is 31.2. The summed E-state index contributed by atoms with van der Waals surface area (Å²) in [4.78, 5) is 35.5. The van der Waals surface area contributed by atoms with E-state index in [1.807, 2.05) is 21.1 Å². The number of unbranched alkanes of at least 4 members (excludes halogenated alkanes) is 32. The first-order valence-electron chi connectivity index (χ1n) is 24.8. The zero-order chi connectivity index (χ0) is 42.8. The highest BCUT2D eigenvalue weighted by molar-refractivity contribution is 7.47. The van der Waals surface area contributed by atoms with Crippen molar-refractivity contribution in [2.45, 2.75) is 251 Å². The van der Waals surface area contributed by atoms with Gasteiger partial charge in [0.2, 0.25) is 0 Å². The van der Waals surface area contributed by atoms with Crippen LogP contribution < -0.4 is 0 Å². The Bertz CT molecular complexity index is 958.